The van der Waals surface area contributed by atoms with Gasteiger partial charge in [0.2, 0.25) is 0 Å². The number of fused-ring (bicyclic) bond motifs is 1. The van der Waals surface area contributed by atoms with E-state index in [1.807, 2.05) is 6.92 Å². The van der Waals surface area contributed by atoms with Crippen LogP contribution in [-0.4, -0.2) is 29.9 Å². The summed E-state index contributed by atoms with van der Waals surface area (Å²) in [4.78, 5) is 25.0. The number of amides is 2. The third-order valence-corrected chi connectivity index (χ3v) is 2.54. The van der Waals surface area contributed by atoms with E-state index in [9.17, 15) is 9.59 Å². The summed E-state index contributed by atoms with van der Waals surface area (Å²) in [6.07, 6.45) is 3.29. The highest BCUT2D eigenvalue weighted by molar-refractivity contribution is 6.21. The Morgan fingerprint density at radius 2 is 1.76 bits per heavy atom. The first-order chi connectivity index (χ1) is 8.25. The Morgan fingerprint density at radius 3 is 2.29 bits per heavy atom. The molecule has 0 aromatic heterocycles. The number of carbonyl (C=O) groups is 2. The van der Waals surface area contributed by atoms with Crippen molar-refractivity contribution in [3.8, 4) is 0 Å². The van der Waals surface area contributed by atoms with Crippen LogP contribution in [0.4, 0.5) is 0 Å². The predicted octanol–water partition coefficient (Wildman–Crippen LogP) is 1.83. The Kier molecular flexibility index (Phi) is 3.23. The fraction of sp³-hybridized carbons (Fsp3) is 0.231. The van der Waals surface area contributed by atoms with Crippen LogP contribution < -0.4 is 0 Å². The van der Waals surface area contributed by atoms with Crippen molar-refractivity contribution in [3.05, 3.63) is 47.7 Å². The molecule has 0 radical (unpaired) electrons. The molecule has 1 heterocycles. The summed E-state index contributed by atoms with van der Waals surface area (Å²) in [5.41, 5.74) is 0.951. The molecule has 17 heavy (non-hydrogen) atoms. The minimum atomic E-state index is -0.241. The molecule has 0 saturated carbocycles. The van der Waals surface area contributed by atoms with Gasteiger partial charge in [0, 0.05) is 0 Å². The molecule has 0 atom stereocenters. The van der Waals surface area contributed by atoms with Crippen LogP contribution >= 0.6 is 0 Å². The highest BCUT2D eigenvalue weighted by atomic mass is 16.5. The average Bonchev–Trinajstić information content (AvgIpc) is 2.60. The summed E-state index contributed by atoms with van der Waals surface area (Å²) in [5.74, 6) is -0.482. The highest BCUT2D eigenvalue weighted by Crippen LogP contribution is 2.21. The van der Waals surface area contributed by atoms with Gasteiger partial charge in [0.05, 0.1) is 23.9 Å². The molecule has 0 spiro atoms. The lowest BCUT2D eigenvalue weighted by Crippen LogP contribution is -2.32. The van der Waals surface area contributed by atoms with Crippen molar-refractivity contribution in [3.63, 3.8) is 0 Å². The lowest BCUT2D eigenvalue weighted by atomic mass is 10.1. The number of rotatable bonds is 4. The zero-order chi connectivity index (χ0) is 12.3. The van der Waals surface area contributed by atoms with Crippen molar-refractivity contribution in [2.24, 2.45) is 0 Å². The van der Waals surface area contributed by atoms with Crippen LogP contribution in [0.2, 0.25) is 0 Å². The summed E-state index contributed by atoms with van der Waals surface area (Å²) in [5, 5.41) is 0. The van der Waals surface area contributed by atoms with E-state index in [1.54, 1.807) is 30.3 Å². The first-order valence-corrected chi connectivity index (χ1v) is 5.43. The van der Waals surface area contributed by atoms with E-state index < -0.39 is 0 Å². The van der Waals surface area contributed by atoms with Gasteiger partial charge in [0.1, 0.15) is 6.61 Å². The molecule has 1 aromatic rings. The van der Waals surface area contributed by atoms with Gasteiger partial charge in [0.25, 0.3) is 11.8 Å². The van der Waals surface area contributed by atoms with Gasteiger partial charge in [0.15, 0.2) is 0 Å². The second kappa shape index (κ2) is 4.82. The number of hydrogen-bond donors (Lipinski definition) is 0. The molecule has 0 saturated heterocycles. The number of nitrogens with zero attached hydrogens (tertiary/aromatic N) is 1. The van der Waals surface area contributed by atoms with E-state index >= 15 is 0 Å². The quantitative estimate of drug-likeness (QED) is 0.451. The fourth-order valence-corrected chi connectivity index (χ4v) is 1.75. The number of benzene rings is 1. The van der Waals surface area contributed by atoms with Crippen LogP contribution in [0.25, 0.3) is 0 Å². The van der Waals surface area contributed by atoms with Gasteiger partial charge in [-0.05, 0) is 19.1 Å². The molecule has 2 rings (SSSR count). The van der Waals surface area contributed by atoms with E-state index in [4.69, 9.17) is 4.74 Å². The number of imide groups is 1. The van der Waals surface area contributed by atoms with Crippen molar-refractivity contribution in [1.82, 2.24) is 4.90 Å². The summed E-state index contributed by atoms with van der Waals surface area (Å²) >= 11 is 0. The second-order valence-electron chi connectivity index (χ2n) is 3.65. The zero-order valence-corrected chi connectivity index (χ0v) is 9.55. The molecule has 0 N–H and O–H groups in total. The van der Waals surface area contributed by atoms with Gasteiger partial charge < -0.3 is 4.74 Å². The minimum Gasteiger partial charge on any atom is -0.500 e. The van der Waals surface area contributed by atoms with Crippen molar-refractivity contribution in [2.45, 2.75) is 6.92 Å². The fourth-order valence-electron chi connectivity index (χ4n) is 1.75. The molecule has 1 aromatic carbocycles. The van der Waals surface area contributed by atoms with E-state index in [0.717, 1.165) is 0 Å². The molecule has 4 heteroatoms. The third-order valence-electron chi connectivity index (χ3n) is 2.54. The number of ether oxygens (including phenoxy) is 1. The molecular weight excluding hydrogens is 218 g/mol. The standard InChI is InChI=1S/C13H13NO3/c1-2-8-17-9-7-14-12(15)10-5-3-4-6-11(10)13(14)16/h2-6,8H,7,9H2,1H3. The van der Waals surface area contributed by atoms with Gasteiger partial charge in [-0.15, -0.1) is 0 Å². The van der Waals surface area contributed by atoms with E-state index in [2.05, 4.69) is 0 Å². The molecule has 0 bridgehead atoms. The van der Waals surface area contributed by atoms with E-state index in [-0.39, 0.29) is 18.4 Å². The highest BCUT2D eigenvalue weighted by Gasteiger charge is 2.34. The Labute approximate surface area is 99.5 Å². The molecule has 1 aliphatic rings. The van der Waals surface area contributed by atoms with Crippen LogP contribution in [0.15, 0.2) is 36.6 Å². The molecule has 4 nitrogen and oxygen atoms in total. The first-order valence-electron chi connectivity index (χ1n) is 5.43. The maximum atomic E-state index is 11.9. The van der Waals surface area contributed by atoms with Crippen LogP contribution in [0.3, 0.4) is 0 Å². The SMILES string of the molecule is CC=COCCN1C(=O)c2ccccc2C1=O. The van der Waals surface area contributed by atoms with Crippen molar-refractivity contribution < 1.29 is 14.3 Å². The molecule has 2 amide bonds. The van der Waals surface area contributed by atoms with Crippen LogP contribution in [-0.2, 0) is 4.74 Å². The molecular formula is C13H13NO3. The van der Waals surface area contributed by atoms with Crippen LogP contribution in [0, 0.1) is 0 Å². The Morgan fingerprint density at radius 1 is 1.18 bits per heavy atom. The summed E-state index contributed by atoms with van der Waals surface area (Å²) < 4.78 is 5.11. The summed E-state index contributed by atoms with van der Waals surface area (Å²) in [6.45, 7) is 2.43. The average molecular weight is 231 g/mol. The smallest absolute Gasteiger partial charge is 0.261 e. The lowest BCUT2D eigenvalue weighted by Gasteiger charge is -2.12. The second-order valence-corrected chi connectivity index (χ2v) is 3.65. The van der Waals surface area contributed by atoms with Gasteiger partial charge >= 0.3 is 0 Å². The topological polar surface area (TPSA) is 46.6 Å². The monoisotopic (exact) mass is 231 g/mol. The summed E-state index contributed by atoms with van der Waals surface area (Å²) in [6, 6.07) is 6.85. The van der Waals surface area contributed by atoms with E-state index in [1.165, 1.54) is 11.2 Å². The van der Waals surface area contributed by atoms with Gasteiger partial charge in [-0.3, -0.25) is 14.5 Å². The van der Waals surface area contributed by atoms with E-state index in [0.29, 0.717) is 17.7 Å². The Bertz CT molecular complexity index is 444. The van der Waals surface area contributed by atoms with Crippen molar-refractivity contribution in [2.75, 3.05) is 13.2 Å². The minimum absolute atomic E-state index is 0.241. The summed E-state index contributed by atoms with van der Waals surface area (Å²) in [7, 11) is 0. The molecule has 1 aliphatic heterocycles. The van der Waals surface area contributed by atoms with Gasteiger partial charge in [-0.2, -0.15) is 0 Å². The van der Waals surface area contributed by atoms with Gasteiger partial charge in [-0.25, -0.2) is 0 Å². The number of carbonyl (C=O) groups excluding carboxylic acids is 2. The Balaban J connectivity index is 2.08. The van der Waals surface area contributed by atoms with Crippen molar-refractivity contribution in [1.29, 1.82) is 0 Å². The molecule has 0 unspecified atom stereocenters. The van der Waals surface area contributed by atoms with Crippen molar-refractivity contribution >= 4 is 11.8 Å². The molecule has 0 aliphatic carbocycles. The molecule has 88 valence electrons. The Hall–Kier alpha value is -2.10. The third kappa shape index (κ3) is 2.06. The van der Waals surface area contributed by atoms with Crippen LogP contribution in [0.5, 0.6) is 0 Å². The zero-order valence-electron chi connectivity index (χ0n) is 9.55. The maximum Gasteiger partial charge on any atom is 0.261 e. The predicted molar refractivity (Wildman–Crippen MR) is 62.6 cm³/mol. The largest absolute Gasteiger partial charge is 0.500 e. The van der Waals surface area contributed by atoms with Gasteiger partial charge in [-0.1, -0.05) is 18.2 Å². The number of hydrogen-bond acceptors (Lipinski definition) is 3. The molecule has 0 fully saturated rings. The number of allylic oxidation sites excluding steroid dienone is 1. The first kappa shape index (κ1) is 11.4. The lowest BCUT2D eigenvalue weighted by molar-refractivity contribution is 0.0618. The maximum absolute atomic E-state index is 11.9. The van der Waals surface area contributed by atoms with Crippen LogP contribution in [0.1, 0.15) is 27.6 Å². The normalized spacial score (nSPS) is 14.5.